The lowest BCUT2D eigenvalue weighted by atomic mass is 10.1. The number of aromatic hydroxyl groups is 1. The van der Waals surface area contributed by atoms with Gasteiger partial charge < -0.3 is 10.4 Å². The van der Waals surface area contributed by atoms with Gasteiger partial charge in [-0.2, -0.15) is 4.72 Å². The van der Waals surface area contributed by atoms with E-state index >= 15 is 0 Å². The molecule has 18 heavy (non-hydrogen) atoms. The van der Waals surface area contributed by atoms with Crippen molar-refractivity contribution in [3.05, 3.63) is 24.3 Å². The lowest BCUT2D eigenvalue weighted by Crippen LogP contribution is -2.50. The number of piperidine rings is 1. The van der Waals surface area contributed by atoms with E-state index < -0.39 is 16.1 Å². The molecule has 1 unspecified atom stereocenters. The summed E-state index contributed by atoms with van der Waals surface area (Å²) in [4.78, 5) is 11.4. The van der Waals surface area contributed by atoms with Crippen molar-refractivity contribution in [2.24, 2.45) is 0 Å². The molecule has 0 aromatic heterocycles. The van der Waals surface area contributed by atoms with Gasteiger partial charge in [0, 0.05) is 6.54 Å². The molecule has 1 aromatic carbocycles. The molecule has 1 amide bonds. The van der Waals surface area contributed by atoms with E-state index in [1.165, 1.54) is 18.2 Å². The second kappa shape index (κ2) is 4.95. The second-order valence-corrected chi connectivity index (χ2v) is 5.82. The fraction of sp³-hybridized carbons (Fsp3) is 0.364. The molecule has 3 N–H and O–H groups in total. The van der Waals surface area contributed by atoms with Crippen molar-refractivity contribution in [1.82, 2.24) is 10.0 Å². The molecule has 6 nitrogen and oxygen atoms in total. The summed E-state index contributed by atoms with van der Waals surface area (Å²) in [5.74, 6) is -0.448. The quantitative estimate of drug-likeness (QED) is 0.717. The number of phenolic OH excluding ortho intramolecular Hbond substituents is 1. The van der Waals surface area contributed by atoms with Crippen molar-refractivity contribution >= 4 is 15.9 Å². The van der Waals surface area contributed by atoms with Crippen LogP contribution >= 0.6 is 0 Å². The number of amides is 1. The standard InChI is InChI=1S/C11H14N2O4S/c14-8-3-1-4-9(7-8)18(16,17)13-10-5-2-6-12-11(10)15/h1,3-4,7,10,13-14H,2,5-6H2,(H,12,15). The van der Waals surface area contributed by atoms with E-state index in [2.05, 4.69) is 10.0 Å². The largest absolute Gasteiger partial charge is 0.508 e. The van der Waals surface area contributed by atoms with Gasteiger partial charge in [-0.05, 0) is 31.0 Å². The minimum Gasteiger partial charge on any atom is -0.508 e. The molecule has 1 fully saturated rings. The highest BCUT2D eigenvalue weighted by molar-refractivity contribution is 7.89. The Bertz CT molecular complexity index is 556. The minimum atomic E-state index is -3.79. The zero-order valence-corrected chi connectivity index (χ0v) is 10.4. The van der Waals surface area contributed by atoms with E-state index in [0.29, 0.717) is 13.0 Å². The number of nitrogens with one attached hydrogen (secondary N) is 2. The highest BCUT2D eigenvalue weighted by Crippen LogP contribution is 2.17. The van der Waals surface area contributed by atoms with Gasteiger partial charge >= 0.3 is 0 Å². The van der Waals surface area contributed by atoms with Crippen LogP contribution in [0.2, 0.25) is 0 Å². The first-order valence-electron chi connectivity index (χ1n) is 5.58. The van der Waals surface area contributed by atoms with Gasteiger partial charge in [0.1, 0.15) is 11.8 Å². The van der Waals surface area contributed by atoms with Crippen LogP contribution in [0.4, 0.5) is 0 Å². The first-order valence-corrected chi connectivity index (χ1v) is 7.06. The predicted octanol–water partition coefficient (Wildman–Crippen LogP) is -0.0509. The lowest BCUT2D eigenvalue weighted by Gasteiger charge is -2.22. The molecule has 1 atom stereocenters. The smallest absolute Gasteiger partial charge is 0.241 e. The van der Waals surface area contributed by atoms with Gasteiger partial charge in [-0.15, -0.1) is 0 Å². The van der Waals surface area contributed by atoms with Crippen molar-refractivity contribution in [3.8, 4) is 5.75 Å². The molecule has 0 spiro atoms. The molecule has 0 saturated carbocycles. The van der Waals surface area contributed by atoms with Crippen LogP contribution in [-0.4, -0.2) is 32.0 Å². The van der Waals surface area contributed by atoms with E-state index in [1.54, 1.807) is 0 Å². The third-order valence-electron chi connectivity index (χ3n) is 2.71. The fourth-order valence-electron chi connectivity index (χ4n) is 1.79. The average Bonchev–Trinajstić information content (AvgIpc) is 2.32. The molecule has 1 aromatic rings. The average molecular weight is 270 g/mol. The summed E-state index contributed by atoms with van der Waals surface area (Å²) in [6, 6.07) is 4.58. The van der Waals surface area contributed by atoms with Crippen molar-refractivity contribution in [2.75, 3.05) is 6.54 Å². The summed E-state index contributed by atoms with van der Waals surface area (Å²) >= 11 is 0. The first kappa shape index (κ1) is 12.8. The second-order valence-electron chi connectivity index (χ2n) is 4.10. The zero-order valence-electron chi connectivity index (χ0n) is 9.59. The van der Waals surface area contributed by atoms with E-state index in [9.17, 15) is 18.3 Å². The summed E-state index contributed by atoms with van der Waals surface area (Å²) in [5, 5.41) is 11.9. The van der Waals surface area contributed by atoms with Crippen LogP contribution in [-0.2, 0) is 14.8 Å². The first-order chi connectivity index (χ1) is 8.49. The number of carbonyl (C=O) groups excluding carboxylic acids is 1. The Morgan fingerprint density at radius 3 is 2.83 bits per heavy atom. The topological polar surface area (TPSA) is 95.5 Å². The number of carbonyl (C=O) groups is 1. The number of hydrogen-bond donors (Lipinski definition) is 3. The van der Waals surface area contributed by atoms with Crippen molar-refractivity contribution in [1.29, 1.82) is 0 Å². The molecule has 98 valence electrons. The van der Waals surface area contributed by atoms with Gasteiger partial charge in [0.05, 0.1) is 4.90 Å². The number of benzene rings is 1. The third kappa shape index (κ3) is 2.80. The SMILES string of the molecule is O=C1NCCCC1NS(=O)(=O)c1cccc(O)c1. The van der Waals surface area contributed by atoms with Gasteiger partial charge in [0.15, 0.2) is 0 Å². The Balaban J connectivity index is 2.19. The molecular formula is C11H14N2O4S. The Hall–Kier alpha value is -1.60. The molecule has 0 aliphatic carbocycles. The molecule has 0 radical (unpaired) electrons. The molecule has 1 aliphatic heterocycles. The lowest BCUT2D eigenvalue weighted by molar-refractivity contribution is -0.124. The summed E-state index contributed by atoms with van der Waals surface area (Å²) in [6.45, 7) is 0.573. The van der Waals surface area contributed by atoms with E-state index in [-0.39, 0.29) is 16.6 Å². The number of hydrogen-bond acceptors (Lipinski definition) is 4. The Labute approximate surface area is 105 Å². The maximum absolute atomic E-state index is 12.0. The maximum atomic E-state index is 12.0. The fourth-order valence-corrected chi connectivity index (χ4v) is 3.06. The number of sulfonamides is 1. The van der Waals surface area contributed by atoms with Gasteiger partial charge in [-0.1, -0.05) is 6.07 Å². The van der Waals surface area contributed by atoms with E-state index in [0.717, 1.165) is 12.5 Å². The molecule has 7 heteroatoms. The monoisotopic (exact) mass is 270 g/mol. The van der Waals surface area contributed by atoms with E-state index in [4.69, 9.17) is 0 Å². The molecule has 2 rings (SSSR count). The Kier molecular flexibility index (Phi) is 3.53. The van der Waals surface area contributed by atoms with Gasteiger partial charge in [0.25, 0.3) is 0 Å². The third-order valence-corrected chi connectivity index (χ3v) is 4.18. The predicted molar refractivity (Wildman–Crippen MR) is 64.5 cm³/mol. The highest BCUT2D eigenvalue weighted by atomic mass is 32.2. The molecule has 1 aliphatic rings. The van der Waals surface area contributed by atoms with Crippen LogP contribution in [0.3, 0.4) is 0 Å². The van der Waals surface area contributed by atoms with Gasteiger partial charge in [-0.3, -0.25) is 4.79 Å². The highest BCUT2D eigenvalue weighted by Gasteiger charge is 2.27. The summed E-state index contributed by atoms with van der Waals surface area (Å²) in [7, 11) is -3.79. The van der Waals surface area contributed by atoms with Crippen LogP contribution < -0.4 is 10.0 Å². The summed E-state index contributed by atoms with van der Waals surface area (Å²) < 4.78 is 26.3. The zero-order chi connectivity index (χ0) is 13.2. The maximum Gasteiger partial charge on any atom is 0.241 e. The van der Waals surface area contributed by atoms with Crippen molar-refractivity contribution < 1.29 is 18.3 Å². The van der Waals surface area contributed by atoms with Gasteiger partial charge in [0.2, 0.25) is 15.9 Å². The molecule has 1 heterocycles. The molecule has 0 bridgehead atoms. The number of rotatable bonds is 3. The van der Waals surface area contributed by atoms with E-state index in [1.807, 2.05) is 0 Å². The number of phenols is 1. The summed E-state index contributed by atoms with van der Waals surface area (Å²) in [6.07, 6.45) is 1.21. The minimum absolute atomic E-state index is 0.0547. The Morgan fingerprint density at radius 2 is 2.17 bits per heavy atom. The van der Waals surface area contributed by atoms with Crippen LogP contribution in [0.25, 0.3) is 0 Å². The van der Waals surface area contributed by atoms with Crippen LogP contribution in [0, 0.1) is 0 Å². The molecular weight excluding hydrogens is 256 g/mol. The van der Waals surface area contributed by atoms with Crippen molar-refractivity contribution in [2.45, 2.75) is 23.8 Å². The van der Waals surface area contributed by atoms with Crippen molar-refractivity contribution in [3.63, 3.8) is 0 Å². The van der Waals surface area contributed by atoms with Crippen LogP contribution in [0.1, 0.15) is 12.8 Å². The Morgan fingerprint density at radius 1 is 1.39 bits per heavy atom. The van der Waals surface area contributed by atoms with Gasteiger partial charge in [-0.25, -0.2) is 8.42 Å². The van der Waals surface area contributed by atoms with Crippen LogP contribution in [0.5, 0.6) is 5.75 Å². The molecule has 1 saturated heterocycles. The summed E-state index contributed by atoms with van der Waals surface area (Å²) in [5.41, 5.74) is 0. The van der Waals surface area contributed by atoms with Crippen LogP contribution in [0.15, 0.2) is 29.2 Å². The normalized spacial score (nSPS) is 20.4.